The third kappa shape index (κ3) is 5.79. The summed E-state index contributed by atoms with van der Waals surface area (Å²) >= 11 is 3.37. The van der Waals surface area contributed by atoms with Gasteiger partial charge in [0.05, 0.1) is 19.0 Å². The number of rotatable bonds is 7. The molecular formula is C17H23BrN2O4. The maximum atomic E-state index is 12.2. The topological polar surface area (TPSA) is 70.1 Å². The molecule has 24 heavy (non-hydrogen) atoms. The van der Waals surface area contributed by atoms with Gasteiger partial charge in [-0.2, -0.15) is 0 Å². The summed E-state index contributed by atoms with van der Waals surface area (Å²) in [6.45, 7) is 2.60. The number of hydrogen-bond acceptors (Lipinski definition) is 4. The summed E-state index contributed by atoms with van der Waals surface area (Å²) in [7, 11) is 1.76. The quantitative estimate of drug-likeness (QED) is 0.761. The lowest BCUT2D eigenvalue weighted by atomic mass is 9.97. The predicted molar refractivity (Wildman–Crippen MR) is 94.1 cm³/mol. The summed E-state index contributed by atoms with van der Waals surface area (Å²) < 4.78 is 6.61. The van der Waals surface area contributed by atoms with E-state index in [4.69, 9.17) is 9.84 Å². The van der Waals surface area contributed by atoms with E-state index in [-0.39, 0.29) is 11.8 Å². The van der Waals surface area contributed by atoms with Crippen LogP contribution < -0.4 is 4.74 Å². The third-order valence-corrected chi connectivity index (χ3v) is 4.76. The molecule has 0 atom stereocenters. The molecule has 1 N–H and O–H groups in total. The molecule has 1 aliphatic rings. The standard InChI is InChI=1S/C17H23BrN2O4/c1-19(10-11-24-15-4-2-14(18)3-5-15)16(21)12-20-8-6-13(7-9-20)17(22)23/h2-5,13H,6-12H2,1H3,(H,22,23). The first-order valence-corrected chi connectivity index (χ1v) is 8.82. The zero-order valence-corrected chi connectivity index (χ0v) is 15.4. The Kier molecular flexibility index (Phi) is 7.05. The number of carboxylic acids is 1. The smallest absolute Gasteiger partial charge is 0.306 e. The van der Waals surface area contributed by atoms with E-state index in [1.165, 1.54) is 0 Å². The Morgan fingerprint density at radius 2 is 1.92 bits per heavy atom. The zero-order chi connectivity index (χ0) is 17.5. The second-order valence-electron chi connectivity index (χ2n) is 6.01. The van der Waals surface area contributed by atoms with E-state index in [0.29, 0.717) is 45.6 Å². The van der Waals surface area contributed by atoms with Crippen molar-refractivity contribution in [2.75, 3.05) is 39.8 Å². The van der Waals surface area contributed by atoms with Gasteiger partial charge in [-0.3, -0.25) is 14.5 Å². The number of likely N-dealkylation sites (N-methyl/N-ethyl adjacent to an activating group) is 1. The number of benzene rings is 1. The van der Waals surface area contributed by atoms with Crippen molar-refractivity contribution in [2.45, 2.75) is 12.8 Å². The summed E-state index contributed by atoms with van der Waals surface area (Å²) in [6, 6.07) is 7.56. The van der Waals surface area contributed by atoms with E-state index in [9.17, 15) is 9.59 Å². The number of carbonyl (C=O) groups is 2. The summed E-state index contributed by atoms with van der Waals surface area (Å²) in [4.78, 5) is 26.8. The molecule has 1 aromatic rings. The molecule has 0 saturated carbocycles. The fraction of sp³-hybridized carbons (Fsp3) is 0.529. The first kappa shape index (κ1) is 18.7. The molecule has 0 aromatic heterocycles. The Bertz CT molecular complexity index is 556. The van der Waals surface area contributed by atoms with Crippen LogP contribution in [0.25, 0.3) is 0 Å². The number of piperidine rings is 1. The van der Waals surface area contributed by atoms with Crippen molar-refractivity contribution in [3.8, 4) is 5.75 Å². The van der Waals surface area contributed by atoms with E-state index >= 15 is 0 Å². The largest absolute Gasteiger partial charge is 0.492 e. The van der Waals surface area contributed by atoms with Gasteiger partial charge in [-0.1, -0.05) is 15.9 Å². The molecule has 132 valence electrons. The first-order chi connectivity index (χ1) is 11.5. The Labute approximate surface area is 150 Å². The maximum absolute atomic E-state index is 12.2. The van der Waals surface area contributed by atoms with Gasteiger partial charge in [0.25, 0.3) is 0 Å². The highest BCUT2D eigenvalue weighted by atomic mass is 79.9. The number of aliphatic carboxylic acids is 1. The number of likely N-dealkylation sites (tertiary alicyclic amines) is 1. The number of halogens is 1. The Morgan fingerprint density at radius 3 is 2.50 bits per heavy atom. The van der Waals surface area contributed by atoms with E-state index in [2.05, 4.69) is 15.9 Å². The van der Waals surface area contributed by atoms with Crippen LogP contribution in [-0.4, -0.2) is 66.6 Å². The van der Waals surface area contributed by atoms with Gasteiger partial charge in [-0.05, 0) is 50.2 Å². The lowest BCUT2D eigenvalue weighted by Gasteiger charge is -2.30. The second-order valence-corrected chi connectivity index (χ2v) is 6.92. The average Bonchev–Trinajstić information content (AvgIpc) is 2.57. The molecule has 1 amide bonds. The van der Waals surface area contributed by atoms with Gasteiger partial charge in [0.2, 0.25) is 5.91 Å². The second kappa shape index (κ2) is 9.03. The van der Waals surface area contributed by atoms with Crippen LogP contribution in [0.1, 0.15) is 12.8 Å². The highest BCUT2D eigenvalue weighted by Crippen LogP contribution is 2.17. The minimum atomic E-state index is -0.733. The monoisotopic (exact) mass is 398 g/mol. The third-order valence-electron chi connectivity index (χ3n) is 4.23. The fourth-order valence-corrected chi connectivity index (χ4v) is 2.87. The van der Waals surface area contributed by atoms with E-state index in [1.807, 2.05) is 29.2 Å². The van der Waals surface area contributed by atoms with Gasteiger partial charge in [0.15, 0.2) is 0 Å². The molecule has 1 fully saturated rings. The number of hydrogen-bond donors (Lipinski definition) is 1. The van der Waals surface area contributed by atoms with Crippen molar-refractivity contribution in [2.24, 2.45) is 5.92 Å². The molecule has 1 aliphatic heterocycles. The molecule has 1 aromatic carbocycles. The fourth-order valence-electron chi connectivity index (χ4n) is 2.61. The number of ether oxygens (including phenoxy) is 1. The Hall–Kier alpha value is -1.60. The van der Waals surface area contributed by atoms with Crippen LogP contribution in [-0.2, 0) is 9.59 Å². The molecule has 0 radical (unpaired) electrons. The van der Waals surface area contributed by atoms with Gasteiger partial charge >= 0.3 is 5.97 Å². The van der Waals surface area contributed by atoms with Crippen LogP contribution in [0.2, 0.25) is 0 Å². The van der Waals surface area contributed by atoms with E-state index in [1.54, 1.807) is 11.9 Å². The van der Waals surface area contributed by atoms with Gasteiger partial charge in [-0.15, -0.1) is 0 Å². The van der Waals surface area contributed by atoms with Crippen molar-refractivity contribution in [1.29, 1.82) is 0 Å². The number of carbonyl (C=O) groups excluding carboxylic acids is 1. The van der Waals surface area contributed by atoms with Gasteiger partial charge < -0.3 is 14.7 Å². The van der Waals surface area contributed by atoms with Crippen molar-refractivity contribution in [1.82, 2.24) is 9.80 Å². The molecule has 0 unspecified atom stereocenters. The van der Waals surface area contributed by atoms with Crippen molar-refractivity contribution >= 4 is 27.8 Å². The lowest BCUT2D eigenvalue weighted by Crippen LogP contribution is -2.44. The van der Waals surface area contributed by atoms with Gasteiger partial charge in [-0.25, -0.2) is 0 Å². The van der Waals surface area contributed by atoms with E-state index in [0.717, 1.165) is 10.2 Å². The SMILES string of the molecule is CN(CCOc1ccc(Br)cc1)C(=O)CN1CCC(C(=O)O)CC1. The van der Waals surface area contributed by atoms with Crippen LogP contribution in [0.3, 0.4) is 0 Å². The Balaban J connectivity index is 1.67. The molecule has 2 rings (SSSR count). The maximum Gasteiger partial charge on any atom is 0.306 e. The van der Waals surface area contributed by atoms with Crippen molar-refractivity contribution < 1.29 is 19.4 Å². The lowest BCUT2D eigenvalue weighted by molar-refractivity contribution is -0.143. The minimum absolute atomic E-state index is 0.0307. The molecule has 0 aliphatic carbocycles. The molecule has 6 nitrogen and oxygen atoms in total. The Morgan fingerprint density at radius 1 is 1.29 bits per heavy atom. The molecule has 0 spiro atoms. The number of nitrogens with zero attached hydrogens (tertiary/aromatic N) is 2. The highest BCUT2D eigenvalue weighted by Gasteiger charge is 2.25. The molecule has 1 saturated heterocycles. The summed E-state index contributed by atoms with van der Waals surface area (Å²) in [5.41, 5.74) is 0. The van der Waals surface area contributed by atoms with E-state index < -0.39 is 5.97 Å². The zero-order valence-electron chi connectivity index (χ0n) is 13.8. The summed E-state index contributed by atoms with van der Waals surface area (Å²) in [5.74, 6) is -0.199. The van der Waals surface area contributed by atoms with Crippen molar-refractivity contribution in [3.05, 3.63) is 28.7 Å². The van der Waals surface area contributed by atoms with Gasteiger partial charge in [0.1, 0.15) is 12.4 Å². The molecule has 1 heterocycles. The molecule has 7 heteroatoms. The van der Waals surface area contributed by atoms with Crippen molar-refractivity contribution in [3.63, 3.8) is 0 Å². The highest BCUT2D eigenvalue weighted by molar-refractivity contribution is 9.10. The average molecular weight is 399 g/mol. The van der Waals surface area contributed by atoms with Crippen LogP contribution in [0.4, 0.5) is 0 Å². The minimum Gasteiger partial charge on any atom is -0.492 e. The van der Waals surface area contributed by atoms with Crippen LogP contribution in [0, 0.1) is 5.92 Å². The molecule has 0 bridgehead atoms. The molecular weight excluding hydrogens is 376 g/mol. The number of carboxylic acid groups (broad SMARTS) is 1. The number of amides is 1. The van der Waals surface area contributed by atoms with Crippen LogP contribution >= 0.6 is 15.9 Å². The normalized spacial score (nSPS) is 15.9. The van der Waals surface area contributed by atoms with Crippen LogP contribution in [0.15, 0.2) is 28.7 Å². The predicted octanol–water partition coefficient (Wildman–Crippen LogP) is 2.08. The summed E-state index contributed by atoms with van der Waals surface area (Å²) in [6.07, 6.45) is 1.22. The van der Waals surface area contributed by atoms with Crippen LogP contribution in [0.5, 0.6) is 5.75 Å². The van der Waals surface area contributed by atoms with Gasteiger partial charge in [0, 0.05) is 11.5 Å². The first-order valence-electron chi connectivity index (χ1n) is 8.03. The summed E-state index contributed by atoms with van der Waals surface area (Å²) in [5, 5.41) is 8.99.